The Bertz CT molecular complexity index is 878. The van der Waals surface area contributed by atoms with E-state index >= 15 is 0 Å². The monoisotopic (exact) mass is 360 g/mol. The molecule has 0 aromatic heterocycles. The molecule has 1 amide bonds. The Labute approximate surface area is 157 Å². The van der Waals surface area contributed by atoms with E-state index in [9.17, 15) is 9.90 Å². The minimum atomic E-state index is -1.25. The van der Waals surface area contributed by atoms with Gasteiger partial charge in [-0.3, -0.25) is 4.79 Å². The van der Waals surface area contributed by atoms with Crippen molar-refractivity contribution in [3.8, 4) is 5.75 Å². The number of carbonyl (C=O) groups is 1. The van der Waals surface area contributed by atoms with Gasteiger partial charge in [-0.15, -0.1) is 0 Å². The van der Waals surface area contributed by atoms with E-state index in [1.807, 2.05) is 60.7 Å². The van der Waals surface area contributed by atoms with E-state index in [-0.39, 0.29) is 0 Å². The van der Waals surface area contributed by atoms with Crippen molar-refractivity contribution < 1.29 is 14.6 Å². The number of nitrogens with zero attached hydrogens (tertiary/aromatic N) is 1. The van der Waals surface area contributed by atoms with Crippen LogP contribution in [0.1, 0.15) is 22.8 Å². The van der Waals surface area contributed by atoms with Crippen molar-refractivity contribution in [2.75, 3.05) is 0 Å². The largest absolute Gasteiger partial charge is 0.489 e. The van der Waals surface area contributed by atoms with Gasteiger partial charge in [-0.25, -0.2) is 5.43 Å². The van der Waals surface area contributed by atoms with Crippen molar-refractivity contribution in [1.82, 2.24) is 5.43 Å². The first-order valence-corrected chi connectivity index (χ1v) is 8.55. The molecular formula is C22H20N2O3. The van der Waals surface area contributed by atoms with Crippen LogP contribution in [-0.2, 0) is 11.4 Å². The van der Waals surface area contributed by atoms with Gasteiger partial charge in [-0.2, -0.15) is 5.10 Å². The first-order chi connectivity index (χ1) is 13.2. The highest BCUT2D eigenvalue weighted by Crippen LogP contribution is 2.14. The minimum Gasteiger partial charge on any atom is -0.489 e. The fourth-order valence-corrected chi connectivity index (χ4v) is 2.41. The molecule has 0 radical (unpaired) electrons. The molecule has 0 saturated heterocycles. The first-order valence-electron chi connectivity index (χ1n) is 8.55. The van der Waals surface area contributed by atoms with Gasteiger partial charge in [0.15, 0.2) is 6.10 Å². The summed E-state index contributed by atoms with van der Waals surface area (Å²) in [6, 6.07) is 26.0. The van der Waals surface area contributed by atoms with Crippen LogP contribution in [0.25, 0.3) is 0 Å². The number of carbonyl (C=O) groups excluding carboxylic acids is 1. The Hall–Kier alpha value is -3.44. The van der Waals surface area contributed by atoms with E-state index in [1.165, 1.54) is 6.21 Å². The Morgan fingerprint density at radius 2 is 1.59 bits per heavy atom. The third-order valence-electron chi connectivity index (χ3n) is 3.88. The van der Waals surface area contributed by atoms with E-state index in [2.05, 4.69) is 10.5 Å². The number of aliphatic hydroxyl groups is 1. The molecule has 0 saturated carbocycles. The molecule has 0 aliphatic rings. The van der Waals surface area contributed by atoms with Crippen LogP contribution in [0.15, 0.2) is 90.0 Å². The molecule has 3 aromatic rings. The van der Waals surface area contributed by atoms with Gasteiger partial charge in [0, 0.05) is 0 Å². The van der Waals surface area contributed by atoms with E-state index in [0.717, 1.165) is 16.9 Å². The van der Waals surface area contributed by atoms with E-state index in [4.69, 9.17) is 4.74 Å². The molecule has 5 heteroatoms. The average Bonchev–Trinajstić information content (AvgIpc) is 2.74. The highest BCUT2D eigenvalue weighted by molar-refractivity contribution is 5.85. The first kappa shape index (κ1) is 18.4. The molecule has 0 fully saturated rings. The zero-order valence-corrected chi connectivity index (χ0v) is 14.7. The van der Waals surface area contributed by atoms with Gasteiger partial charge in [-0.1, -0.05) is 60.7 Å². The molecule has 0 heterocycles. The molecule has 0 bridgehead atoms. The van der Waals surface area contributed by atoms with Crippen LogP contribution < -0.4 is 10.2 Å². The lowest BCUT2D eigenvalue weighted by atomic mass is 10.1. The quantitative estimate of drug-likeness (QED) is 0.501. The maximum Gasteiger partial charge on any atom is 0.273 e. The van der Waals surface area contributed by atoms with Crippen molar-refractivity contribution >= 4 is 12.1 Å². The highest BCUT2D eigenvalue weighted by Gasteiger charge is 2.15. The van der Waals surface area contributed by atoms with Gasteiger partial charge in [-0.05, 0) is 41.0 Å². The number of rotatable bonds is 7. The molecule has 3 aromatic carbocycles. The normalized spacial score (nSPS) is 11.9. The second-order valence-corrected chi connectivity index (χ2v) is 5.89. The van der Waals surface area contributed by atoms with Gasteiger partial charge >= 0.3 is 0 Å². The molecule has 27 heavy (non-hydrogen) atoms. The molecule has 3 rings (SSSR count). The lowest BCUT2D eigenvalue weighted by Gasteiger charge is -2.08. The van der Waals surface area contributed by atoms with Crippen molar-refractivity contribution in [1.29, 1.82) is 0 Å². The fraction of sp³-hybridized carbons (Fsp3) is 0.0909. The van der Waals surface area contributed by atoms with E-state index < -0.39 is 12.0 Å². The Morgan fingerprint density at radius 3 is 2.26 bits per heavy atom. The zero-order chi connectivity index (χ0) is 18.9. The van der Waals surface area contributed by atoms with Crippen LogP contribution in [0.3, 0.4) is 0 Å². The molecule has 0 spiro atoms. The van der Waals surface area contributed by atoms with Gasteiger partial charge < -0.3 is 9.84 Å². The molecule has 0 unspecified atom stereocenters. The topological polar surface area (TPSA) is 70.9 Å². The summed E-state index contributed by atoms with van der Waals surface area (Å²) in [7, 11) is 0. The van der Waals surface area contributed by atoms with Gasteiger partial charge in [0.05, 0.1) is 6.21 Å². The highest BCUT2D eigenvalue weighted by atomic mass is 16.5. The summed E-state index contributed by atoms with van der Waals surface area (Å²) in [4.78, 5) is 11.9. The number of hydrogen-bond donors (Lipinski definition) is 2. The minimum absolute atomic E-state index is 0.502. The van der Waals surface area contributed by atoms with Crippen LogP contribution in [-0.4, -0.2) is 17.2 Å². The maximum absolute atomic E-state index is 11.9. The van der Waals surface area contributed by atoms with Crippen LogP contribution in [0.4, 0.5) is 0 Å². The molecular weight excluding hydrogens is 340 g/mol. The third-order valence-corrected chi connectivity index (χ3v) is 3.88. The van der Waals surface area contributed by atoms with Gasteiger partial charge in [0.2, 0.25) is 0 Å². The number of hydrogen-bond acceptors (Lipinski definition) is 4. The number of hydrazone groups is 1. The number of nitrogens with one attached hydrogen (secondary N) is 1. The second-order valence-electron chi connectivity index (χ2n) is 5.89. The Kier molecular flexibility index (Phi) is 6.33. The maximum atomic E-state index is 11.9. The van der Waals surface area contributed by atoms with Crippen molar-refractivity contribution in [3.63, 3.8) is 0 Å². The standard InChI is InChI=1S/C22H20N2O3/c25-21(19-9-5-2-6-10-19)22(26)24-23-15-17-11-13-20(14-12-17)27-16-18-7-3-1-4-8-18/h1-15,21,25H,16H2,(H,24,26)/t21-/m0/s1. The van der Waals surface area contributed by atoms with E-state index in [0.29, 0.717) is 12.2 Å². The van der Waals surface area contributed by atoms with Crippen LogP contribution in [0.5, 0.6) is 5.75 Å². The number of benzene rings is 3. The third kappa shape index (κ3) is 5.52. The second kappa shape index (κ2) is 9.31. The summed E-state index contributed by atoms with van der Waals surface area (Å²) in [6.07, 6.45) is 0.258. The predicted molar refractivity (Wildman–Crippen MR) is 104 cm³/mol. The summed E-state index contributed by atoms with van der Waals surface area (Å²) < 4.78 is 5.72. The van der Waals surface area contributed by atoms with E-state index in [1.54, 1.807) is 24.3 Å². The molecule has 0 aliphatic heterocycles. The summed E-state index contributed by atoms with van der Waals surface area (Å²) in [5.74, 6) is 0.166. The molecule has 1 atom stereocenters. The van der Waals surface area contributed by atoms with Crippen molar-refractivity contribution in [2.45, 2.75) is 12.7 Å². The smallest absolute Gasteiger partial charge is 0.273 e. The summed E-state index contributed by atoms with van der Waals surface area (Å²) >= 11 is 0. The van der Waals surface area contributed by atoms with Crippen LogP contribution in [0.2, 0.25) is 0 Å². The van der Waals surface area contributed by atoms with Crippen LogP contribution in [0, 0.1) is 0 Å². The van der Waals surface area contributed by atoms with Crippen molar-refractivity contribution in [2.24, 2.45) is 5.10 Å². The summed E-state index contributed by atoms with van der Waals surface area (Å²) in [5.41, 5.74) is 4.76. The van der Waals surface area contributed by atoms with Crippen LogP contribution >= 0.6 is 0 Å². The predicted octanol–water partition coefficient (Wildman–Crippen LogP) is 3.45. The average molecular weight is 360 g/mol. The molecule has 5 nitrogen and oxygen atoms in total. The SMILES string of the molecule is O=C(NN=Cc1ccc(OCc2ccccc2)cc1)[C@@H](O)c1ccccc1. The summed E-state index contributed by atoms with van der Waals surface area (Å²) in [5, 5.41) is 13.9. The molecule has 0 aliphatic carbocycles. The van der Waals surface area contributed by atoms with Crippen molar-refractivity contribution in [3.05, 3.63) is 102 Å². The Morgan fingerprint density at radius 1 is 0.963 bits per heavy atom. The molecule has 2 N–H and O–H groups in total. The number of aliphatic hydroxyl groups excluding tert-OH is 1. The summed E-state index contributed by atoms with van der Waals surface area (Å²) in [6.45, 7) is 0.502. The Balaban J connectivity index is 1.49. The fourth-order valence-electron chi connectivity index (χ4n) is 2.41. The molecule has 136 valence electrons. The lowest BCUT2D eigenvalue weighted by molar-refractivity contribution is -0.129. The zero-order valence-electron chi connectivity index (χ0n) is 14.7. The van der Waals surface area contributed by atoms with Gasteiger partial charge in [0.1, 0.15) is 12.4 Å². The van der Waals surface area contributed by atoms with Gasteiger partial charge in [0.25, 0.3) is 5.91 Å². The number of amides is 1. The number of ether oxygens (including phenoxy) is 1. The lowest BCUT2D eigenvalue weighted by Crippen LogP contribution is -2.25.